The van der Waals surface area contributed by atoms with Crippen LogP contribution in [0.5, 0.6) is 0 Å². The smallest absolute Gasteiger partial charge is 0.255 e. The van der Waals surface area contributed by atoms with Crippen LogP contribution in [0.2, 0.25) is 5.02 Å². The van der Waals surface area contributed by atoms with Gasteiger partial charge in [0, 0.05) is 35.8 Å². The van der Waals surface area contributed by atoms with Crippen molar-refractivity contribution in [1.29, 1.82) is 0 Å². The average molecular weight is 413 g/mol. The number of rotatable bonds is 4. The number of amides is 1. The number of nitrogens with zero attached hydrogens (tertiary/aromatic N) is 1. The van der Waals surface area contributed by atoms with E-state index >= 15 is 0 Å². The number of H-pyrrole nitrogens is 1. The standard InChI is InChI=1S/C23H22ClFN2O2/c1-14(28)20-13-26-22-12-21(24)19(11-18(20)22)23(29)27-8-6-16(7-9-27)10-15-2-4-17(25)5-3-15/h2-5,11-13,16,26H,6-10H2,1H3. The summed E-state index contributed by atoms with van der Waals surface area (Å²) in [5, 5.41) is 1.10. The van der Waals surface area contributed by atoms with Crippen molar-refractivity contribution in [2.24, 2.45) is 5.92 Å². The molecule has 0 aliphatic carbocycles. The van der Waals surface area contributed by atoms with E-state index in [2.05, 4.69) is 4.98 Å². The van der Waals surface area contributed by atoms with Crippen LogP contribution in [0.4, 0.5) is 4.39 Å². The fourth-order valence-corrected chi connectivity index (χ4v) is 4.31. The summed E-state index contributed by atoms with van der Waals surface area (Å²) in [4.78, 5) is 29.8. The lowest BCUT2D eigenvalue weighted by molar-refractivity contribution is 0.0690. The van der Waals surface area contributed by atoms with Gasteiger partial charge in [0.05, 0.1) is 10.6 Å². The summed E-state index contributed by atoms with van der Waals surface area (Å²) in [5.41, 5.74) is 2.85. The second kappa shape index (κ2) is 7.99. The van der Waals surface area contributed by atoms with Crippen LogP contribution < -0.4 is 0 Å². The molecule has 3 aromatic rings. The molecule has 1 aliphatic heterocycles. The van der Waals surface area contributed by atoms with Gasteiger partial charge in [-0.15, -0.1) is 0 Å². The molecule has 29 heavy (non-hydrogen) atoms. The van der Waals surface area contributed by atoms with Crippen LogP contribution >= 0.6 is 11.6 Å². The highest BCUT2D eigenvalue weighted by atomic mass is 35.5. The zero-order chi connectivity index (χ0) is 20.5. The molecule has 0 radical (unpaired) electrons. The molecule has 0 unspecified atom stereocenters. The minimum absolute atomic E-state index is 0.0569. The second-order valence-electron chi connectivity index (χ2n) is 7.70. The van der Waals surface area contributed by atoms with E-state index in [-0.39, 0.29) is 17.5 Å². The number of ketones is 1. The molecule has 1 N–H and O–H groups in total. The molecule has 1 aliphatic rings. The van der Waals surface area contributed by atoms with Crippen molar-refractivity contribution < 1.29 is 14.0 Å². The minimum atomic E-state index is -0.224. The molecule has 1 saturated heterocycles. The lowest BCUT2D eigenvalue weighted by Crippen LogP contribution is -2.39. The number of piperidine rings is 1. The fourth-order valence-electron chi connectivity index (χ4n) is 4.06. The first-order valence-corrected chi connectivity index (χ1v) is 10.2. The lowest BCUT2D eigenvalue weighted by atomic mass is 9.90. The first kappa shape index (κ1) is 19.6. The zero-order valence-corrected chi connectivity index (χ0v) is 16.9. The van der Waals surface area contributed by atoms with Gasteiger partial charge in [-0.2, -0.15) is 0 Å². The Kier molecular flexibility index (Phi) is 5.41. The van der Waals surface area contributed by atoms with Crippen LogP contribution in [-0.2, 0) is 6.42 Å². The van der Waals surface area contributed by atoms with Gasteiger partial charge >= 0.3 is 0 Å². The first-order chi connectivity index (χ1) is 13.9. The van der Waals surface area contributed by atoms with Crippen molar-refractivity contribution in [2.45, 2.75) is 26.2 Å². The Labute approximate surface area is 173 Å². The van der Waals surface area contributed by atoms with Crippen molar-refractivity contribution in [3.8, 4) is 0 Å². The van der Waals surface area contributed by atoms with Gasteiger partial charge < -0.3 is 9.88 Å². The number of Topliss-reactive ketones (excluding diaryl/α,β-unsaturated/α-hetero) is 1. The summed E-state index contributed by atoms with van der Waals surface area (Å²) in [6.07, 6.45) is 4.33. The normalized spacial score (nSPS) is 15.1. The molecular weight excluding hydrogens is 391 g/mol. The molecule has 1 aromatic heterocycles. The highest BCUT2D eigenvalue weighted by Crippen LogP contribution is 2.29. The maximum absolute atomic E-state index is 13.1. The number of halogens is 2. The SMILES string of the molecule is CC(=O)c1c[nH]c2cc(Cl)c(C(=O)N3CCC(Cc4ccc(F)cc4)CC3)cc12. The van der Waals surface area contributed by atoms with Gasteiger partial charge in [-0.1, -0.05) is 23.7 Å². The van der Waals surface area contributed by atoms with Crippen molar-refractivity contribution in [3.05, 3.63) is 70.1 Å². The molecule has 6 heteroatoms. The topological polar surface area (TPSA) is 53.2 Å². The molecule has 4 nitrogen and oxygen atoms in total. The van der Waals surface area contributed by atoms with E-state index in [0.29, 0.717) is 35.2 Å². The van der Waals surface area contributed by atoms with Gasteiger partial charge in [-0.25, -0.2) is 4.39 Å². The molecule has 0 saturated carbocycles. The highest BCUT2D eigenvalue weighted by Gasteiger charge is 2.26. The lowest BCUT2D eigenvalue weighted by Gasteiger charge is -2.32. The third kappa shape index (κ3) is 4.06. The number of hydrogen-bond acceptors (Lipinski definition) is 2. The predicted molar refractivity (Wildman–Crippen MR) is 112 cm³/mol. The Morgan fingerprint density at radius 3 is 2.48 bits per heavy atom. The number of carbonyl (C=O) groups excluding carboxylic acids is 2. The van der Waals surface area contributed by atoms with E-state index in [1.54, 1.807) is 18.3 Å². The maximum atomic E-state index is 13.1. The number of aromatic amines is 1. The molecular formula is C23H22ClFN2O2. The molecule has 2 heterocycles. The second-order valence-corrected chi connectivity index (χ2v) is 8.11. The van der Waals surface area contributed by atoms with Crippen molar-refractivity contribution in [2.75, 3.05) is 13.1 Å². The van der Waals surface area contributed by atoms with E-state index in [1.165, 1.54) is 19.1 Å². The van der Waals surface area contributed by atoms with Crippen molar-refractivity contribution >= 4 is 34.2 Å². The summed E-state index contributed by atoms with van der Waals surface area (Å²) >= 11 is 6.37. The molecule has 0 bridgehead atoms. The molecule has 150 valence electrons. The molecule has 1 amide bonds. The Hall–Kier alpha value is -2.66. The Bertz CT molecular complexity index is 1070. The Morgan fingerprint density at radius 2 is 1.83 bits per heavy atom. The Balaban J connectivity index is 1.46. The molecule has 1 fully saturated rings. The third-order valence-corrected chi connectivity index (χ3v) is 6.03. The van der Waals surface area contributed by atoms with Crippen LogP contribution in [0.1, 0.15) is 46.0 Å². The quantitative estimate of drug-likeness (QED) is 0.594. The number of benzene rings is 2. The molecule has 4 rings (SSSR count). The fraction of sp³-hybridized carbons (Fsp3) is 0.304. The first-order valence-electron chi connectivity index (χ1n) is 9.77. The van der Waals surface area contributed by atoms with Gasteiger partial charge in [0.1, 0.15) is 5.82 Å². The highest BCUT2D eigenvalue weighted by molar-refractivity contribution is 6.35. The van der Waals surface area contributed by atoms with E-state index < -0.39 is 0 Å². The van der Waals surface area contributed by atoms with Crippen LogP contribution in [0.25, 0.3) is 10.9 Å². The van der Waals surface area contributed by atoms with Gasteiger partial charge in [0.15, 0.2) is 5.78 Å². The third-order valence-electron chi connectivity index (χ3n) is 5.72. The number of likely N-dealkylation sites (tertiary alicyclic amines) is 1. The van der Waals surface area contributed by atoms with Crippen LogP contribution in [0.3, 0.4) is 0 Å². The van der Waals surface area contributed by atoms with Crippen LogP contribution in [0.15, 0.2) is 42.6 Å². The number of nitrogens with one attached hydrogen (secondary N) is 1. The molecule has 0 atom stereocenters. The maximum Gasteiger partial charge on any atom is 0.255 e. The summed E-state index contributed by atoms with van der Waals surface area (Å²) in [6.45, 7) is 2.82. The summed E-state index contributed by atoms with van der Waals surface area (Å²) in [7, 11) is 0. The Morgan fingerprint density at radius 1 is 1.14 bits per heavy atom. The van der Waals surface area contributed by atoms with Gasteiger partial charge in [-0.3, -0.25) is 9.59 Å². The monoisotopic (exact) mass is 412 g/mol. The van der Waals surface area contributed by atoms with E-state index in [9.17, 15) is 14.0 Å². The number of fused-ring (bicyclic) bond motifs is 1. The summed E-state index contributed by atoms with van der Waals surface area (Å²) in [6, 6.07) is 10.1. The minimum Gasteiger partial charge on any atom is -0.360 e. The summed E-state index contributed by atoms with van der Waals surface area (Å²) < 4.78 is 13.1. The van der Waals surface area contributed by atoms with Gasteiger partial charge in [-0.05, 0) is 61.9 Å². The molecule has 2 aromatic carbocycles. The van der Waals surface area contributed by atoms with Crippen molar-refractivity contribution in [3.63, 3.8) is 0 Å². The average Bonchev–Trinajstić information content (AvgIpc) is 3.12. The number of carbonyl (C=O) groups is 2. The van der Waals surface area contributed by atoms with Gasteiger partial charge in [0.25, 0.3) is 5.91 Å². The largest absolute Gasteiger partial charge is 0.360 e. The van der Waals surface area contributed by atoms with Crippen LogP contribution in [-0.4, -0.2) is 34.7 Å². The van der Waals surface area contributed by atoms with E-state index in [4.69, 9.17) is 11.6 Å². The van der Waals surface area contributed by atoms with Gasteiger partial charge in [0.2, 0.25) is 0 Å². The predicted octanol–water partition coefficient (Wildman–Crippen LogP) is 5.26. The number of hydrogen-bond donors (Lipinski definition) is 1. The zero-order valence-electron chi connectivity index (χ0n) is 16.2. The summed E-state index contributed by atoms with van der Waals surface area (Å²) in [5.74, 6) is 0.0845. The van der Waals surface area contributed by atoms with Crippen LogP contribution in [0, 0.1) is 11.7 Å². The number of aromatic nitrogens is 1. The van der Waals surface area contributed by atoms with E-state index in [0.717, 1.165) is 35.7 Å². The van der Waals surface area contributed by atoms with E-state index in [1.807, 2.05) is 17.0 Å². The molecule has 0 spiro atoms. The van der Waals surface area contributed by atoms with Crippen molar-refractivity contribution in [1.82, 2.24) is 9.88 Å².